The lowest BCUT2D eigenvalue weighted by Gasteiger charge is -2.34. The lowest BCUT2D eigenvalue weighted by atomic mass is 10.2. The Morgan fingerprint density at radius 1 is 1.53 bits per heavy atom. The van der Waals surface area contributed by atoms with Crippen molar-refractivity contribution in [1.29, 1.82) is 0 Å². The number of nitrogens with zero attached hydrogens (tertiary/aromatic N) is 3. The van der Waals surface area contributed by atoms with Crippen LogP contribution in [0.1, 0.15) is 20.3 Å². The van der Waals surface area contributed by atoms with E-state index in [-0.39, 0.29) is 0 Å². The minimum absolute atomic E-state index is 0.456. The summed E-state index contributed by atoms with van der Waals surface area (Å²) in [5.74, 6) is 1.63. The van der Waals surface area contributed by atoms with Crippen LogP contribution in [-0.4, -0.2) is 42.3 Å². The van der Waals surface area contributed by atoms with Crippen LogP contribution in [0.4, 0.5) is 5.82 Å². The Morgan fingerprint density at radius 3 is 3.18 bits per heavy atom. The molecule has 1 saturated heterocycles. The van der Waals surface area contributed by atoms with Crippen molar-refractivity contribution < 1.29 is 4.74 Å². The molecule has 1 fully saturated rings. The van der Waals surface area contributed by atoms with Crippen LogP contribution >= 0.6 is 0 Å². The van der Waals surface area contributed by atoms with Crippen molar-refractivity contribution in [1.82, 2.24) is 15.3 Å². The molecule has 2 rings (SSSR count). The summed E-state index contributed by atoms with van der Waals surface area (Å²) in [4.78, 5) is 10.7. The number of hydrogen-bond acceptors (Lipinski definition) is 5. The lowest BCUT2D eigenvalue weighted by molar-refractivity contribution is 0.304. The molecule has 1 atom stereocenters. The molecule has 1 aliphatic heterocycles. The molecule has 17 heavy (non-hydrogen) atoms. The van der Waals surface area contributed by atoms with Gasteiger partial charge >= 0.3 is 0 Å². The van der Waals surface area contributed by atoms with Crippen LogP contribution < -0.4 is 15.0 Å². The van der Waals surface area contributed by atoms with E-state index in [1.165, 1.54) is 0 Å². The smallest absolute Gasteiger partial charge is 0.218 e. The van der Waals surface area contributed by atoms with Crippen LogP contribution in [0.15, 0.2) is 12.4 Å². The molecule has 0 spiro atoms. The Bertz CT molecular complexity index is 358. The van der Waals surface area contributed by atoms with E-state index in [2.05, 4.69) is 34.0 Å². The molecule has 0 amide bonds. The zero-order valence-corrected chi connectivity index (χ0v) is 10.5. The van der Waals surface area contributed by atoms with E-state index >= 15 is 0 Å². The molecule has 5 nitrogen and oxygen atoms in total. The molecule has 1 unspecified atom stereocenters. The van der Waals surface area contributed by atoms with Crippen molar-refractivity contribution in [2.24, 2.45) is 0 Å². The van der Waals surface area contributed by atoms with Gasteiger partial charge in [-0.1, -0.05) is 6.92 Å². The van der Waals surface area contributed by atoms with Crippen LogP contribution in [0.25, 0.3) is 0 Å². The maximum atomic E-state index is 5.53. The van der Waals surface area contributed by atoms with Gasteiger partial charge in [0.1, 0.15) is 12.1 Å². The lowest BCUT2D eigenvalue weighted by Crippen LogP contribution is -2.50. The fourth-order valence-electron chi connectivity index (χ4n) is 1.95. The molecule has 94 valence electrons. The summed E-state index contributed by atoms with van der Waals surface area (Å²) in [6, 6.07) is 2.38. The Labute approximate surface area is 102 Å². The van der Waals surface area contributed by atoms with E-state index in [1.54, 1.807) is 6.33 Å². The van der Waals surface area contributed by atoms with Gasteiger partial charge in [0, 0.05) is 31.7 Å². The summed E-state index contributed by atoms with van der Waals surface area (Å²) in [5, 5.41) is 3.37. The average molecular weight is 236 g/mol. The third kappa shape index (κ3) is 3.06. The minimum Gasteiger partial charge on any atom is -0.478 e. The Kier molecular flexibility index (Phi) is 4.14. The standard InChI is InChI=1S/C12H20N4O/c1-3-6-17-12-7-11(14-9-15-12)16-5-4-13-8-10(16)2/h7,9-10,13H,3-6,8H2,1-2H3. The van der Waals surface area contributed by atoms with E-state index in [0.717, 1.165) is 31.9 Å². The largest absolute Gasteiger partial charge is 0.478 e. The molecule has 0 saturated carbocycles. The fourth-order valence-corrected chi connectivity index (χ4v) is 1.95. The normalized spacial score (nSPS) is 20.4. The van der Waals surface area contributed by atoms with Crippen molar-refractivity contribution in [2.45, 2.75) is 26.3 Å². The summed E-state index contributed by atoms with van der Waals surface area (Å²) < 4.78 is 5.53. The monoisotopic (exact) mass is 236 g/mol. The molecular formula is C12H20N4O. The van der Waals surface area contributed by atoms with E-state index in [0.29, 0.717) is 18.5 Å². The number of nitrogens with one attached hydrogen (secondary N) is 1. The maximum Gasteiger partial charge on any atom is 0.218 e. The number of rotatable bonds is 4. The number of aromatic nitrogens is 2. The minimum atomic E-state index is 0.456. The first-order valence-corrected chi connectivity index (χ1v) is 6.23. The Morgan fingerprint density at radius 2 is 2.41 bits per heavy atom. The molecule has 5 heteroatoms. The third-order valence-corrected chi connectivity index (χ3v) is 2.88. The Hall–Kier alpha value is -1.36. The summed E-state index contributed by atoms with van der Waals surface area (Å²) in [6.45, 7) is 7.95. The van der Waals surface area contributed by atoms with Gasteiger partial charge in [-0.05, 0) is 13.3 Å². The highest BCUT2D eigenvalue weighted by molar-refractivity contribution is 5.42. The summed E-state index contributed by atoms with van der Waals surface area (Å²) in [6.07, 6.45) is 2.57. The molecule has 1 N–H and O–H groups in total. The molecule has 1 aliphatic rings. The second-order valence-corrected chi connectivity index (χ2v) is 4.31. The van der Waals surface area contributed by atoms with Gasteiger partial charge in [0.25, 0.3) is 0 Å². The van der Waals surface area contributed by atoms with Crippen LogP contribution in [0.5, 0.6) is 5.88 Å². The molecule has 0 aliphatic carbocycles. The topological polar surface area (TPSA) is 50.3 Å². The zero-order valence-electron chi connectivity index (χ0n) is 10.5. The molecular weight excluding hydrogens is 216 g/mol. The molecule has 0 aromatic carbocycles. The fraction of sp³-hybridized carbons (Fsp3) is 0.667. The van der Waals surface area contributed by atoms with Crippen LogP contribution in [0, 0.1) is 0 Å². The van der Waals surface area contributed by atoms with Gasteiger partial charge in [0.05, 0.1) is 6.61 Å². The van der Waals surface area contributed by atoms with Crippen molar-refractivity contribution in [3.05, 3.63) is 12.4 Å². The molecule has 2 heterocycles. The molecule has 0 bridgehead atoms. The summed E-state index contributed by atoms with van der Waals surface area (Å²) in [5.41, 5.74) is 0. The van der Waals surface area contributed by atoms with Crippen molar-refractivity contribution in [3.63, 3.8) is 0 Å². The van der Waals surface area contributed by atoms with Crippen molar-refractivity contribution in [3.8, 4) is 5.88 Å². The molecule has 0 radical (unpaired) electrons. The number of hydrogen-bond donors (Lipinski definition) is 1. The number of anilines is 1. The van der Waals surface area contributed by atoms with Gasteiger partial charge in [0.15, 0.2) is 0 Å². The maximum absolute atomic E-state index is 5.53. The first-order valence-electron chi connectivity index (χ1n) is 6.23. The zero-order chi connectivity index (χ0) is 12.1. The van der Waals surface area contributed by atoms with Gasteiger partial charge < -0.3 is 15.0 Å². The van der Waals surface area contributed by atoms with E-state index in [4.69, 9.17) is 4.74 Å². The third-order valence-electron chi connectivity index (χ3n) is 2.88. The highest BCUT2D eigenvalue weighted by Crippen LogP contribution is 2.18. The second-order valence-electron chi connectivity index (χ2n) is 4.31. The van der Waals surface area contributed by atoms with Crippen LogP contribution in [0.2, 0.25) is 0 Å². The van der Waals surface area contributed by atoms with Gasteiger partial charge in [-0.25, -0.2) is 9.97 Å². The first-order chi connectivity index (χ1) is 8.31. The van der Waals surface area contributed by atoms with Gasteiger partial charge in [0.2, 0.25) is 5.88 Å². The van der Waals surface area contributed by atoms with Crippen LogP contribution in [0.3, 0.4) is 0 Å². The molecule has 1 aromatic rings. The average Bonchev–Trinajstić information content (AvgIpc) is 2.37. The summed E-state index contributed by atoms with van der Waals surface area (Å²) >= 11 is 0. The van der Waals surface area contributed by atoms with Gasteiger partial charge in [-0.2, -0.15) is 0 Å². The predicted molar refractivity (Wildman–Crippen MR) is 67.5 cm³/mol. The van der Waals surface area contributed by atoms with Crippen molar-refractivity contribution >= 4 is 5.82 Å². The predicted octanol–water partition coefficient (Wildman–Crippen LogP) is 1.06. The van der Waals surface area contributed by atoms with E-state index < -0.39 is 0 Å². The highest BCUT2D eigenvalue weighted by atomic mass is 16.5. The second kappa shape index (κ2) is 5.82. The van der Waals surface area contributed by atoms with Gasteiger partial charge in [-0.3, -0.25) is 0 Å². The number of ether oxygens (including phenoxy) is 1. The SMILES string of the molecule is CCCOc1cc(N2CCNCC2C)ncn1. The number of piperazine rings is 1. The first kappa shape index (κ1) is 12.1. The van der Waals surface area contributed by atoms with E-state index in [1.807, 2.05) is 6.07 Å². The Balaban J connectivity index is 2.08. The van der Waals surface area contributed by atoms with Crippen molar-refractivity contribution in [2.75, 3.05) is 31.1 Å². The molecule has 1 aromatic heterocycles. The van der Waals surface area contributed by atoms with Crippen LogP contribution in [-0.2, 0) is 0 Å². The van der Waals surface area contributed by atoms with Gasteiger partial charge in [-0.15, -0.1) is 0 Å². The quantitative estimate of drug-likeness (QED) is 0.847. The summed E-state index contributed by atoms with van der Waals surface area (Å²) in [7, 11) is 0. The van der Waals surface area contributed by atoms with E-state index in [9.17, 15) is 0 Å². The highest BCUT2D eigenvalue weighted by Gasteiger charge is 2.19.